The van der Waals surface area contributed by atoms with Gasteiger partial charge in [0.25, 0.3) is 5.91 Å². The largest absolute Gasteiger partial charge is 0.418 e. The lowest BCUT2D eigenvalue weighted by molar-refractivity contribution is -0.137. The van der Waals surface area contributed by atoms with Crippen molar-refractivity contribution in [1.82, 2.24) is 0 Å². The number of rotatable bonds is 4. The molecule has 112 valence electrons. The highest BCUT2D eigenvalue weighted by molar-refractivity contribution is 5.94. The van der Waals surface area contributed by atoms with Crippen molar-refractivity contribution in [2.75, 3.05) is 31.4 Å². The Labute approximate surface area is 115 Å². The molecule has 0 unspecified atom stereocenters. The third kappa shape index (κ3) is 3.86. The number of ether oxygens (including phenoxy) is 1. The summed E-state index contributed by atoms with van der Waals surface area (Å²) in [6, 6.07) is 3.73. The molecule has 1 N–H and O–H groups in total. The van der Waals surface area contributed by atoms with E-state index in [1.165, 1.54) is 26.2 Å². The van der Waals surface area contributed by atoms with E-state index in [0.717, 1.165) is 6.07 Å². The molecule has 0 saturated carbocycles. The van der Waals surface area contributed by atoms with Crippen LogP contribution in [0, 0.1) is 0 Å². The Morgan fingerprint density at radius 3 is 2.40 bits per heavy atom. The summed E-state index contributed by atoms with van der Waals surface area (Å²) in [6.07, 6.45) is -5.38. The molecule has 7 heteroatoms. The minimum Gasteiger partial charge on any atom is -0.378 e. The van der Waals surface area contributed by atoms with Crippen molar-refractivity contribution in [2.24, 2.45) is 0 Å². The van der Waals surface area contributed by atoms with Gasteiger partial charge in [0.2, 0.25) is 0 Å². The Bertz CT molecular complexity index is 487. The van der Waals surface area contributed by atoms with E-state index in [2.05, 4.69) is 5.32 Å². The van der Waals surface area contributed by atoms with Crippen molar-refractivity contribution in [2.45, 2.75) is 19.2 Å². The van der Waals surface area contributed by atoms with Gasteiger partial charge in [-0.25, -0.2) is 0 Å². The number of nitrogens with one attached hydrogen (secondary N) is 1. The number of benzene rings is 1. The fourth-order valence-electron chi connectivity index (χ4n) is 1.50. The van der Waals surface area contributed by atoms with E-state index in [-0.39, 0.29) is 5.69 Å². The quantitative estimate of drug-likeness (QED) is 0.927. The highest BCUT2D eigenvalue weighted by Crippen LogP contribution is 2.37. The molecule has 0 aliphatic heterocycles. The summed E-state index contributed by atoms with van der Waals surface area (Å²) in [5, 5.41) is 2.23. The van der Waals surface area contributed by atoms with E-state index in [0.29, 0.717) is 5.69 Å². The van der Waals surface area contributed by atoms with Crippen LogP contribution in [-0.4, -0.2) is 33.2 Å². The number of halogens is 3. The molecule has 1 atom stereocenters. The van der Waals surface area contributed by atoms with Gasteiger partial charge < -0.3 is 15.0 Å². The zero-order valence-corrected chi connectivity index (χ0v) is 11.7. The van der Waals surface area contributed by atoms with E-state index in [9.17, 15) is 18.0 Å². The first-order valence-electron chi connectivity index (χ1n) is 5.89. The lowest BCUT2D eigenvalue weighted by Gasteiger charge is -2.19. The average Bonchev–Trinajstić information content (AvgIpc) is 2.36. The molecule has 0 aliphatic carbocycles. The van der Waals surface area contributed by atoms with Gasteiger partial charge in [0.1, 0.15) is 6.10 Å². The van der Waals surface area contributed by atoms with E-state index < -0.39 is 23.8 Å². The topological polar surface area (TPSA) is 41.6 Å². The molecule has 1 rings (SSSR count). The molecule has 4 nitrogen and oxygen atoms in total. The maximum atomic E-state index is 13.0. The lowest BCUT2D eigenvalue weighted by atomic mass is 10.1. The summed E-state index contributed by atoms with van der Waals surface area (Å²) in [5.74, 6) is -0.629. The van der Waals surface area contributed by atoms with Crippen LogP contribution in [0.15, 0.2) is 18.2 Å². The molecule has 0 aromatic heterocycles. The number of carbonyl (C=O) groups is 1. The minimum absolute atomic E-state index is 0.281. The second-order valence-electron chi connectivity index (χ2n) is 4.49. The van der Waals surface area contributed by atoms with Gasteiger partial charge in [-0.2, -0.15) is 13.2 Å². The number of carbonyl (C=O) groups excluding carboxylic acids is 1. The van der Waals surface area contributed by atoms with E-state index in [4.69, 9.17) is 4.74 Å². The number of anilines is 2. The Kier molecular flexibility index (Phi) is 4.99. The van der Waals surface area contributed by atoms with Crippen LogP contribution >= 0.6 is 0 Å². The Morgan fingerprint density at radius 1 is 1.35 bits per heavy atom. The minimum atomic E-state index is -4.55. The maximum absolute atomic E-state index is 13.0. The summed E-state index contributed by atoms with van der Waals surface area (Å²) in [4.78, 5) is 13.2. The summed E-state index contributed by atoms with van der Waals surface area (Å²) >= 11 is 0. The maximum Gasteiger partial charge on any atom is 0.418 e. The predicted octanol–water partition coefficient (Wildman–Crippen LogP) is 2.74. The zero-order chi connectivity index (χ0) is 15.5. The van der Waals surface area contributed by atoms with Gasteiger partial charge in [-0.05, 0) is 25.1 Å². The van der Waals surface area contributed by atoms with Gasteiger partial charge in [-0.3, -0.25) is 4.79 Å². The number of alkyl halides is 3. The number of hydrogen-bond donors (Lipinski definition) is 1. The zero-order valence-electron chi connectivity index (χ0n) is 11.7. The van der Waals surface area contributed by atoms with Crippen molar-refractivity contribution in [1.29, 1.82) is 0 Å². The van der Waals surface area contributed by atoms with Crippen molar-refractivity contribution in [3.63, 3.8) is 0 Å². The molecule has 0 fully saturated rings. The smallest absolute Gasteiger partial charge is 0.378 e. The van der Waals surface area contributed by atoms with Crippen LogP contribution in [0.1, 0.15) is 12.5 Å². The van der Waals surface area contributed by atoms with E-state index >= 15 is 0 Å². The lowest BCUT2D eigenvalue weighted by Crippen LogP contribution is -2.28. The fraction of sp³-hybridized carbons (Fsp3) is 0.462. The van der Waals surface area contributed by atoms with Gasteiger partial charge in [-0.1, -0.05) is 0 Å². The molecular formula is C13H17F3N2O2. The standard InChI is InChI=1S/C13H17F3N2O2/c1-8(20-4)12(19)17-11-6-5-9(18(2)3)7-10(11)13(14,15)16/h5-8H,1-4H3,(H,17,19)/t8-/m0/s1. The molecule has 0 radical (unpaired) electrons. The van der Waals surface area contributed by atoms with Gasteiger partial charge in [0, 0.05) is 26.9 Å². The van der Waals surface area contributed by atoms with E-state index in [1.807, 2.05) is 0 Å². The van der Waals surface area contributed by atoms with Gasteiger partial charge in [0.15, 0.2) is 0 Å². The van der Waals surface area contributed by atoms with Crippen LogP contribution in [0.3, 0.4) is 0 Å². The van der Waals surface area contributed by atoms with Crippen LogP contribution < -0.4 is 10.2 Å². The number of hydrogen-bond acceptors (Lipinski definition) is 3. The fourth-order valence-corrected chi connectivity index (χ4v) is 1.50. The van der Waals surface area contributed by atoms with Crippen molar-refractivity contribution >= 4 is 17.3 Å². The van der Waals surface area contributed by atoms with Crippen molar-refractivity contribution < 1.29 is 22.7 Å². The molecule has 0 aliphatic rings. The summed E-state index contributed by atoms with van der Waals surface area (Å²) in [6.45, 7) is 1.46. The second kappa shape index (κ2) is 6.13. The molecular weight excluding hydrogens is 273 g/mol. The molecule has 0 heterocycles. The van der Waals surface area contributed by atoms with Gasteiger partial charge >= 0.3 is 6.18 Å². The van der Waals surface area contributed by atoms with Crippen LogP contribution in [0.25, 0.3) is 0 Å². The highest BCUT2D eigenvalue weighted by Gasteiger charge is 2.34. The molecule has 1 aromatic carbocycles. The summed E-state index contributed by atoms with van der Waals surface area (Å²) in [7, 11) is 4.59. The number of amides is 1. The summed E-state index contributed by atoms with van der Waals surface area (Å²) in [5.41, 5.74) is -0.771. The molecule has 0 saturated heterocycles. The van der Waals surface area contributed by atoms with Crippen molar-refractivity contribution in [3.8, 4) is 0 Å². The third-order valence-electron chi connectivity index (χ3n) is 2.81. The monoisotopic (exact) mass is 290 g/mol. The SMILES string of the molecule is CO[C@@H](C)C(=O)Nc1ccc(N(C)C)cc1C(F)(F)F. The first-order chi connectivity index (χ1) is 9.16. The first-order valence-corrected chi connectivity index (χ1v) is 5.89. The molecule has 0 bridgehead atoms. The normalized spacial score (nSPS) is 12.9. The van der Waals surface area contributed by atoms with Crippen LogP contribution in [0.2, 0.25) is 0 Å². The van der Waals surface area contributed by atoms with Crippen LogP contribution in [0.5, 0.6) is 0 Å². The van der Waals surface area contributed by atoms with Gasteiger partial charge in [0.05, 0.1) is 11.3 Å². The second-order valence-corrected chi connectivity index (χ2v) is 4.49. The number of nitrogens with zero attached hydrogens (tertiary/aromatic N) is 1. The Balaban J connectivity index is 3.16. The average molecular weight is 290 g/mol. The predicted molar refractivity (Wildman–Crippen MR) is 70.9 cm³/mol. The Morgan fingerprint density at radius 2 is 1.95 bits per heavy atom. The van der Waals surface area contributed by atoms with Crippen LogP contribution in [-0.2, 0) is 15.7 Å². The Hall–Kier alpha value is -1.76. The molecule has 20 heavy (non-hydrogen) atoms. The van der Waals surface area contributed by atoms with E-state index in [1.54, 1.807) is 19.0 Å². The molecule has 1 aromatic rings. The first kappa shape index (κ1) is 16.3. The third-order valence-corrected chi connectivity index (χ3v) is 2.81. The van der Waals surface area contributed by atoms with Gasteiger partial charge in [-0.15, -0.1) is 0 Å². The molecule has 1 amide bonds. The summed E-state index contributed by atoms with van der Waals surface area (Å²) < 4.78 is 43.8. The molecule has 0 spiro atoms. The highest BCUT2D eigenvalue weighted by atomic mass is 19.4. The number of methoxy groups -OCH3 is 1. The van der Waals surface area contributed by atoms with Crippen LogP contribution in [0.4, 0.5) is 24.5 Å². The van der Waals surface area contributed by atoms with Crippen molar-refractivity contribution in [3.05, 3.63) is 23.8 Å².